The van der Waals surface area contributed by atoms with Crippen molar-refractivity contribution in [1.82, 2.24) is 0 Å². The van der Waals surface area contributed by atoms with Crippen molar-refractivity contribution in [2.75, 3.05) is 0 Å². The molecule has 0 aromatic carbocycles. The van der Waals surface area contributed by atoms with E-state index in [1.807, 2.05) is 0 Å². The largest absolute Gasteiger partial charge is 1.00 e. The first-order chi connectivity index (χ1) is 1.73. The van der Waals surface area contributed by atoms with Gasteiger partial charge in [-0.1, -0.05) is 0 Å². The van der Waals surface area contributed by atoms with Crippen LogP contribution in [0, 0.1) is 0 Å². The molecule has 0 heterocycles. The molecular formula is B2Na3O3. The van der Waals surface area contributed by atoms with Gasteiger partial charge < -0.3 is 15.1 Å². The summed E-state index contributed by atoms with van der Waals surface area (Å²) in [6, 6.07) is 0. The minimum atomic E-state index is -2.92. The Balaban J connectivity index is -0.00000000750. The van der Waals surface area contributed by atoms with Crippen molar-refractivity contribution >= 4 is 15.7 Å². The molecule has 27 valence electrons. The summed E-state index contributed by atoms with van der Waals surface area (Å²) in [6.45, 7) is 0. The first-order valence-corrected chi connectivity index (χ1v) is 0.707. The van der Waals surface area contributed by atoms with Gasteiger partial charge in [0.2, 0.25) is 0 Å². The SMILES string of the molecule is [B].[Na+].[Na+].[Na+].[O-]B([O-])[O-]. The average Bonchev–Trinajstić information content (AvgIpc) is 0.811. The van der Waals surface area contributed by atoms with Crippen LogP contribution in [0.15, 0.2) is 0 Å². The van der Waals surface area contributed by atoms with Crippen molar-refractivity contribution in [1.29, 1.82) is 0 Å². The second kappa shape index (κ2) is 22.5. The van der Waals surface area contributed by atoms with E-state index in [4.69, 9.17) is 15.1 Å². The Morgan fingerprint density at radius 3 is 0.750 bits per heavy atom. The van der Waals surface area contributed by atoms with Crippen LogP contribution in [-0.2, 0) is 0 Å². The van der Waals surface area contributed by atoms with E-state index in [1.165, 1.54) is 0 Å². The van der Waals surface area contributed by atoms with Crippen molar-refractivity contribution in [2.24, 2.45) is 0 Å². The summed E-state index contributed by atoms with van der Waals surface area (Å²) in [6.07, 6.45) is 0. The molecule has 0 rings (SSSR count). The molecule has 0 aromatic rings. The number of hydrogen-bond acceptors (Lipinski definition) is 3. The van der Waals surface area contributed by atoms with Crippen LogP contribution in [0.2, 0.25) is 0 Å². The van der Waals surface area contributed by atoms with Gasteiger partial charge in [0.05, 0.1) is 0 Å². The fourth-order valence-corrected chi connectivity index (χ4v) is 0. The molecule has 0 unspecified atom stereocenters. The predicted octanol–water partition coefficient (Wildman–Crippen LogP) is -13.3. The van der Waals surface area contributed by atoms with Gasteiger partial charge in [0.25, 0.3) is 0 Å². The molecule has 0 saturated carbocycles. The Morgan fingerprint density at radius 1 is 0.750 bits per heavy atom. The molecule has 0 amide bonds. The standard InChI is InChI=1S/BO3.B.3Na/c2-1(3)4;;;;/q-3;;3*+1. The first kappa shape index (κ1) is 30.5. The van der Waals surface area contributed by atoms with Crippen LogP contribution in [0.4, 0.5) is 0 Å². The Bertz CT molecular complexity index is 17.2. The summed E-state index contributed by atoms with van der Waals surface area (Å²) in [5.41, 5.74) is 0. The Kier molecular flexibility index (Phi) is 85.9. The molecule has 0 aliphatic heterocycles. The van der Waals surface area contributed by atoms with Crippen LogP contribution in [0.3, 0.4) is 0 Å². The Hall–Kier alpha value is 3.01. The van der Waals surface area contributed by atoms with Gasteiger partial charge in [0.15, 0.2) is 0 Å². The molecule has 0 aliphatic rings. The smallest absolute Gasteiger partial charge is 0.907 e. The molecule has 0 fully saturated rings. The average molecular weight is 139 g/mol. The van der Waals surface area contributed by atoms with Crippen LogP contribution in [0.1, 0.15) is 0 Å². The second-order valence-electron chi connectivity index (χ2n) is 0.289. The summed E-state index contributed by atoms with van der Waals surface area (Å²) in [5, 5.41) is 25.2. The minimum absolute atomic E-state index is 0. The van der Waals surface area contributed by atoms with Crippen molar-refractivity contribution < 1.29 is 104 Å². The van der Waals surface area contributed by atoms with Gasteiger partial charge in [-0.05, 0) is 0 Å². The Morgan fingerprint density at radius 2 is 0.750 bits per heavy atom. The quantitative estimate of drug-likeness (QED) is 0.312. The maximum absolute atomic E-state index is 8.42. The van der Waals surface area contributed by atoms with E-state index in [1.54, 1.807) is 0 Å². The van der Waals surface area contributed by atoms with E-state index in [0.29, 0.717) is 0 Å². The molecule has 3 nitrogen and oxygen atoms in total. The fraction of sp³-hybridized carbons (Fsp3) is 0. The summed E-state index contributed by atoms with van der Waals surface area (Å²) < 4.78 is 0. The topological polar surface area (TPSA) is 69.2 Å². The van der Waals surface area contributed by atoms with E-state index >= 15 is 0 Å². The summed E-state index contributed by atoms with van der Waals surface area (Å²) in [5.74, 6) is 0. The monoisotopic (exact) mass is 139 g/mol. The zero-order valence-corrected chi connectivity index (χ0v) is 11.4. The van der Waals surface area contributed by atoms with Crippen molar-refractivity contribution in [3.63, 3.8) is 0 Å². The van der Waals surface area contributed by atoms with E-state index in [-0.39, 0.29) is 97.1 Å². The second-order valence-corrected chi connectivity index (χ2v) is 0.289. The van der Waals surface area contributed by atoms with Gasteiger partial charge in [-0.25, -0.2) is 0 Å². The van der Waals surface area contributed by atoms with Crippen molar-refractivity contribution in [3.8, 4) is 0 Å². The molecule has 0 atom stereocenters. The molecule has 8 heteroatoms. The van der Waals surface area contributed by atoms with Crippen LogP contribution in [0.25, 0.3) is 0 Å². The van der Waals surface area contributed by atoms with E-state index in [0.717, 1.165) is 0 Å². The summed E-state index contributed by atoms with van der Waals surface area (Å²) >= 11 is 0. The van der Waals surface area contributed by atoms with Crippen LogP contribution < -0.4 is 104 Å². The van der Waals surface area contributed by atoms with Gasteiger partial charge in [0, 0.05) is 8.41 Å². The number of hydrogen-bond donors (Lipinski definition) is 0. The third kappa shape index (κ3) is 63.8. The number of rotatable bonds is 0. The third-order valence-corrected chi connectivity index (χ3v) is 0. The molecule has 0 aliphatic carbocycles. The van der Waals surface area contributed by atoms with Crippen LogP contribution in [0.5, 0.6) is 0 Å². The minimum Gasteiger partial charge on any atom is -0.907 e. The molecule has 0 saturated heterocycles. The molecule has 0 spiro atoms. The van der Waals surface area contributed by atoms with Crippen LogP contribution >= 0.6 is 0 Å². The molecule has 8 heavy (non-hydrogen) atoms. The Labute approximate surface area is 117 Å². The van der Waals surface area contributed by atoms with Gasteiger partial charge >= 0.3 is 88.7 Å². The maximum Gasteiger partial charge on any atom is 1.00 e. The first-order valence-electron chi connectivity index (χ1n) is 0.707. The van der Waals surface area contributed by atoms with Crippen LogP contribution in [-0.4, -0.2) is 15.7 Å². The predicted molar refractivity (Wildman–Crippen MR) is 11.5 cm³/mol. The van der Waals surface area contributed by atoms with Gasteiger partial charge in [-0.3, -0.25) is 7.32 Å². The van der Waals surface area contributed by atoms with Gasteiger partial charge in [-0.15, -0.1) is 0 Å². The van der Waals surface area contributed by atoms with Gasteiger partial charge in [-0.2, -0.15) is 0 Å². The molecule has 0 N–H and O–H groups in total. The van der Waals surface area contributed by atoms with E-state index in [9.17, 15) is 0 Å². The zero-order valence-electron chi connectivity index (χ0n) is 5.38. The third-order valence-electron chi connectivity index (χ3n) is 0. The maximum atomic E-state index is 8.42. The van der Waals surface area contributed by atoms with E-state index < -0.39 is 7.32 Å². The molecule has 0 aromatic heterocycles. The van der Waals surface area contributed by atoms with Gasteiger partial charge in [0.1, 0.15) is 0 Å². The van der Waals surface area contributed by atoms with Crippen molar-refractivity contribution in [2.45, 2.75) is 0 Å². The zero-order chi connectivity index (χ0) is 3.58. The normalized spacial score (nSPS) is 3.38. The summed E-state index contributed by atoms with van der Waals surface area (Å²) in [4.78, 5) is 0. The van der Waals surface area contributed by atoms with Crippen molar-refractivity contribution in [3.05, 3.63) is 0 Å². The summed E-state index contributed by atoms with van der Waals surface area (Å²) in [7, 11) is -2.92. The molecule has 3 radical (unpaired) electrons. The molecular weight excluding hydrogens is 139 g/mol. The van der Waals surface area contributed by atoms with E-state index in [2.05, 4.69) is 0 Å². The fourth-order valence-electron chi connectivity index (χ4n) is 0. The molecule has 0 bridgehead atoms.